The van der Waals surface area contributed by atoms with Crippen LogP contribution in [-0.4, -0.2) is 33.9 Å². The maximum absolute atomic E-state index is 12.2. The molecule has 0 aliphatic rings. The Hall–Kier alpha value is -2.21. The first kappa shape index (κ1) is 15.2. The molecular weight excluding hydrogens is 336 g/mol. The lowest BCUT2D eigenvalue weighted by molar-refractivity contribution is 0.0695. The lowest BCUT2D eigenvalue weighted by Gasteiger charge is -2.17. The average Bonchev–Trinajstić information content (AvgIpc) is 2.47. The molecule has 1 N–H and O–H groups in total. The van der Waals surface area contributed by atoms with E-state index < -0.39 is 5.97 Å². The summed E-state index contributed by atoms with van der Waals surface area (Å²) in [7, 11) is 1.68. The number of aromatic carboxylic acids is 1. The number of rotatable bonds is 4. The second-order valence-electron chi connectivity index (χ2n) is 4.51. The summed E-state index contributed by atoms with van der Waals surface area (Å²) in [5.74, 6) is -1.16. The van der Waals surface area contributed by atoms with Crippen LogP contribution in [0.4, 0.5) is 0 Å². The fourth-order valence-corrected chi connectivity index (χ4v) is 2.16. The van der Waals surface area contributed by atoms with Gasteiger partial charge in [0.1, 0.15) is 10.3 Å². The molecule has 108 valence electrons. The van der Waals surface area contributed by atoms with Crippen LogP contribution in [0.15, 0.2) is 47.1 Å². The quantitative estimate of drug-likeness (QED) is 0.862. The van der Waals surface area contributed by atoms with Gasteiger partial charge in [-0.1, -0.05) is 18.2 Å². The number of carbonyl (C=O) groups is 2. The summed E-state index contributed by atoms with van der Waals surface area (Å²) in [5.41, 5.74) is 1.43. The molecule has 2 aromatic rings. The van der Waals surface area contributed by atoms with E-state index in [1.807, 2.05) is 0 Å². The molecule has 0 atom stereocenters. The van der Waals surface area contributed by atoms with Gasteiger partial charge in [0.25, 0.3) is 5.91 Å². The van der Waals surface area contributed by atoms with E-state index in [4.69, 9.17) is 5.11 Å². The van der Waals surface area contributed by atoms with Gasteiger partial charge in [-0.2, -0.15) is 0 Å². The standard InChI is InChI=1S/C15H13BrN2O3/c1-18(14(19)12-3-2-4-13(16)17-12)9-10-5-7-11(8-6-10)15(20)21/h2-8H,9H2,1H3,(H,20,21). The highest BCUT2D eigenvalue weighted by molar-refractivity contribution is 9.10. The van der Waals surface area contributed by atoms with E-state index in [0.29, 0.717) is 16.8 Å². The maximum atomic E-state index is 12.2. The fraction of sp³-hybridized carbons (Fsp3) is 0.133. The normalized spacial score (nSPS) is 10.2. The summed E-state index contributed by atoms with van der Waals surface area (Å²) in [4.78, 5) is 28.7. The van der Waals surface area contributed by atoms with Gasteiger partial charge in [-0.25, -0.2) is 9.78 Å². The zero-order valence-electron chi connectivity index (χ0n) is 11.3. The highest BCUT2D eigenvalue weighted by Crippen LogP contribution is 2.11. The van der Waals surface area contributed by atoms with E-state index in [-0.39, 0.29) is 11.5 Å². The van der Waals surface area contributed by atoms with E-state index in [1.54, 1.807) is 37.4 Å². The molecule has 0 saturated heterocycles. The number of carboxylic acid groups (broad SMARTS) is 1. The van der Waals surface area contributed by atoms with Crippen LogP contribution in [0, 0.1) is 0 Å². The van der Waals surface area contributed by atoms with Crippen molar-refractivity contribution in [3.05, 3.63) is 63.9 Å². The molecular formula is C15H13BrN2O3. The van der Waals surface area contributed by atoms with Crippen molar-refractivity contribution in [2.24, 2.45) is 0 Å². The number of nitrogens with zero attached hydrogens (tertiary/aromatic N) is 2. The minimum atomic E-state index is -0.968. The third-order valence-corrected chi connectivity index (χ3v) is 3.34. The van der Waals surface area contributed by atoms with Crippen LogP contribution in [0.2, 0.25) is 0 Å². The third kappa shape index (κ3) is 3.88. The van der Waals surface area contributed by atoms with Crippen LogP contribution in [0.3, 0.4) is 0 Å². The third-order valence-electron chi connectivity index (χ3n) is 2.90. The van der Waals surface area contributed by atoms with Gasteiger partial charge in [0.05, 0.1) is 5.56 Å². The van der Waals surface area contributed by atoms with Crippen LogP contribution in [-0.2, 0) is 6.54 Å². The molecule has 0 unspecified atom stereocenters. The first-order valence-corrected chi connectivity index (χ1v) is 6.97. The van der Waals surface area contributed by atoms with Crippen LogP contribution in [0.1, 0.15) is 26.4 Å². The zero-order chi connectivity index (χ0) is 15.4. The Morgan fingerprint density at radius 1 is 1.19 bits per heavy atom. The predicted octanol–water partition coefficient (Wildman–Crippen LogP) is 2.81. The van der Waals surface area contributed by atoms with Gasteiger partial charge in [-0.05, 0) is 45.8 Å². The molecule has 0 radical (unpaired) electrons. The van der Waals surface area contributed by atoms with Crippen molar-refractivity contribution in [3.63, 3.8) is 0 Å². The van der Waals surface area contributed by atoms with Crippen LogP contribution >= 0.6 is 15.9 Å². The number of carboxylic acids is 1. The highest BCUT2D eigenvalue weighted by Gasteiger charge is 2.14. The maximum Gasteiger partial charge on any atom is 0.335 e. The first-order chi connectivity index (χ1) is 9.97. The number of hydrogen-bond acceptors (Lipinski definition) is 3. The molecule has 1 heterocycles. The number of halogens is 1. The average molecular weight is 349 g/mol. The molecule has 0 aliphatic carbocycles. The Balaban J connectivity index is 2.08. The monoisotopic (exact) mass is 348 g/mol. The topological polar surface area (TPSA) is 70.5 Å². The van der Waals surface area contributed by atoms with E-state index in [9.17, 15) is 9.59 Å². The summed E-state index contributed by atoms with van der Waals surface area (Å²) in [6.45, 7) is 0.382. The second-order valence-corrected chi connectivity index (χ2v) is 5.32. The minimum Gasteiger partial charge on any atom is -0.478 e. The van der Waals surface area contributed by atoms with Crippen molar-refractivity contribution in [1.82, 2.24) is 9.88 Å². The summed E-state index contributed by atoms with van der Waals surface area (Å²) in [5, 5.41) is 8.84. The van der Waals surface area contributed by atoms with Gasteiger partial charge in [0, 0.05) is 13.6 Å². The number of carbonyl (C=O) groups excluding carboxylic acids is 1. The van der Waals surface area contributed by atoms with Crippen LogP contribution in [0.5, 0.6) is 0 Å². The Morgan fingerprint density at radius 2 is 1.86 bits per heavy atom. The molecule has 0 aliphatic heterocycles. The number of pyridine rings is 1. The van der Waals surface area contributed by atoms with Gasteiger partial charge in [0.15, 0.2) is 0 Å². The number of aromatic nitrogens is 1. The van der Waals surface area contributed by atoms with Gasteiger partial charge in [-0.3, -0.25) is 4.79 Å². The van der Waals surface area contributed by atoms with Crippen molar-refractivity contribution in [2.75, 3.05) is 7.05 Å². The molecule has 0 bridgehead atoms. The van der Waals surface area contributed by atoms with Gasteiger partial charge >= 0.3 is 5.97 Å². The molecule has 1 aromatic heterocycles. The van der Waals surface area contributed by atoms with Crippen molar-refractivity contribution in [1.29, 1.82) is 0 Å². The Morgan fingerprint density at radius 3 is 2.43 bits per heavy atom. The van der Waals surface area contributed by atoms with E-state index >= 15 is 0 Å². The number of amides is 1. The highest BCUT2D eigenvalue weighted by atomic mass is 79.9. The van der Waals surface area contributed by atoms with Crippen molar-refractivity contribution < 1.29 is 14.7 Å². The summed E-state index contributed by atoms with van der Waals surface area (Å²) in [6, 6.07) is 11.6. The fourth-order valence-electron chi connectivity index (χ4n) is 1.82. The van der Waals surface area contributed by atoms with Crippen LogP contribution < -0.4 is 0 Å². The van der Waals surface area contributed by atoms with Gasteiger partial charge < -0.3 is 10.0 Å². The molecule has 0 fully saturated rings. The number of hydrogen-bond donors (Lipinski definition) is 1. The first-order valence-electron chi connectivity index (χ1n) is 6.17. The molecule has 0 saturated carbocycles. The predicted molar refractivity (Wildman–Crippen MR) is 81.1 cm³/mol. The summed E-state index contributed by atoms with van der Waals surface area (Å²) in [6.07, 6.45) is 0. The molecule has 5 nitrogen and oxygen atoms in total. The molecule has 1 amide bonds. The molecule has 6 heteroatoms. The zero-order valence-corrected chi connectivity index (χ0v) is 12.9. The summed E-state index contributed by atoms with van der Waals surface area (Å²) < 4.78 is 0.604. The largest absolute Gasteiger partial charge is 0.478 e. The second kappa shape index (κ2) is 6.49. The molecule has 0 spiro atoms. The van der Waals surface area contributed by atoms with Gasteiger partial charge in [-0.15, -0.1) is 0 Å². The Bertz CT molecular complexity index is 671. The van der Waals surface area contributed by atoms with Crippen molar-refractivity contribution in [2.45, 2.75) is 6.54 Å². The number of benzene rings is 1. The molecule has 21 heavy (non-hydrogen) atoms. The summed E-state index contributed by atoms with van der Waals surface area (Å²) >= 11 is 3.23. The van der Waals surface area contributed by atoms with E-state index in [0.717, 1.165) is 5.56 Å². The smallest absolute Gasteiger partial charge is 0.335 e. The van der Waals surface area contributed by atoms with Crippen LogP contribution in [0.25, 0.3) is 0 Å². The van der Waals surface area contributed by atoms with E-state index in [1.165, 1.54) is 17.0 Å². The SMILES string of the molecule is CN(Cc1ccc(C(=O)O)cc1)C(=O)c1cccc(Br)n1. The minimum absolute atomic E-state index is 0.196. The lowest BCUT2D eigenvalue weighted by atomic mass is 10.1. The molecule has 1 aromatic carbocycles. The molecule has 2 rings (SSSR count). The Labute approximate surface area is 130 Å². The van der Waals surface area contributed by atoms with E-state index in [2.05, 4.69) is 20.9 Å². The lowest BCUT2D eigenvalue weighted by Crippen LogP contribution is -2.27. The van der Waals surface area contributed by atoms with Crippen molar-refractivity contribution in [3.8, 4) is 0 Å². The van der Waals surface area contributed by atoms with Gasteiger partial charge in [0.2, 0.25) is 0 Å². The van der Waals surface area contributed by atoms with Crippen molar-refractivity contribution >= 4 is 27.8 Å². The Kier molecular flexibility index (Phi) is 4.70.